The molecule has 1 aromatic heterocycles. The molecule has 4 heteroatoms. The van der Waals surface area contributed by atoms with Gasteiger partial charge in [-0.2, -0.15) is 0 Å². The Balaban J connectivity index is 1.72. The van der Waals surface area contributed by atoms with E-state index in [2.05, 4.69) is 27.3 Å². The first-order chi connectivity index (χ1) is 9.60. The van der Waals surface area contributed by atoms with E-state index in [0.29, 0.717) is 6.54 Å². The van der Waals surface area contributed by atoms with Gasteiger partial charge in [-0.3, -0.25) is 0 Å². The maximum atomic E-state index is 10.9. The minimum absolute atomic E-state index is 0.0520. The molecule has 1 aromatic carbocycles. The fourth-order valence-electron chi connectivity index (χ4n) is 2.88. The summed E-state index contributed by atoms with van der Waals surface area (Å²) in [6, 6.07) is 10.1. The van der Waals surface area contributed by atoms with Gasteiger partial charge in [0.2, 0.25) is 0 Å². The number of benzene rings is 1. The maximum Gasteiger partial charge on any atom is 0.134 e. The molecule has 0 saturated carbocycles. The Morgan fingerprint density at radius 2 is 2.20 bits per heavy atom. The fraction of sp³-hybridized carbons (Fsp3) is 0.375. The zero-order valence-electron chi connectivity index (χ0n) is 11.4. The third-order valence-electron chi connectivity index (χ3n) is 4.07. The first-order valence-corrected chi connectivity index (χ1v) is 7.66. The topological polar surface area (TPSA) is 45.4 Å². The lowest BCUT2D eigenvalue weighted by Gasteiger charge is -2.26. The smallest absolute Gasteiger partial charge is 0.134 e. The molecule has 20 heavy (non-hydrogen) atoms. The van der Waals surface area contributed by atoms with Gasteiger partial charge in [0.1, 0.15) is 11.4 Å². The number of aliphatic hydroxyl groups is 1. The van der Waals surface area contributed by atoms with Crippen molar-refractivity contribution < 1.29 is 9.52 Å². The Kier molecular flexibility index (Phi) is 3.71. The molecule has 0 spiro atoms. The number of aryl methyl sites for hydroxylation is 1. The van der Waals surface area contributed by atoms with Gasteiger partial charge in [-0.15, -0.1) is 0 Å². The van der Waals surface area contributed by atoms with Crippen molar-refractivity contribution in [3.05, 3.63) is 58.0 Å². The third-order valence-corrected chi connectivity index (χ3v) is 4.72. The van der Waals surface area contributed by atoms with E-state index in [-0.39, 0.29) is 6.04 Å². The molecule has 0 saturated heterocycles. The van der Waals surface area contributed by atoms with E-state index in [1.54, 1.807) is 6.26 Å². The van der Waals surface area contributed by atoms with Gasteiger partial charge in [-0.05, 0) is 52.9 Å². The Hall–Kier alpha value is -1.10. The first kappa shape index (κ1) is 13.9. The van der Waals surface area contributed by atoms with Crippen molar-refractivity contribution in [1.29, 1.82) is 0 Å². The normalized spacial score (nSPS) is 22.8. The second-order valence-corrected chi connectivity index (χ2v) is 6.28. The van der Waals surface area contributed by atoms with Crippen molar-refractivity contribution >= 4 is 15.9 Å². The second-order valence-electron chi connectivity index (χ2n) is 5.42. The van der Waals surface area contributed by atoms with Gasteiger partial charge in [-0.1, -0.05) is 24.3 Å². The lowest BCUT2D eigenvalue weighted by Crippen LogP contribution is -2.37. The van der Waals surface area contributed by atoms with Gasteiger partial charge in [0.05, 0.1) is 16.8 Å². The number of furan rings is 1. The summed E-state index contributed by atoms with van der Waals surface area (Å²) in [5, 5.41) is 14.2. The van der Waals surface area contributed by atoms with Crippen LogP contribution >= 0.6 is 15.9 Å². The number of nitrogens with one attached hydrogen (secondary N) is 1. The molecular formula is C16H18BrNO2. The highest BCUT2D eigenvalue weighted by atomic mass is 79.9. The van der Waals surface area contributed by atoms with Crippen molar-refractivity contribution in [2.45, 2.75) is 31.4 Å². The molecule has 0 amide bonds. The number of rotatable bonds is 4. The molecule has 3 rings (SSSR count). The molecule has 0 fully saturated rings. The quantitative estimate of drug-likeness (QED) is 0.898. The monoisotopic (exact) mass is 335 g/mol. The highest BCUT2D eigenvalue weighted by Crippen LogP contribution is 2.36. The summed E-state index contributed by atoms with van der Waals surface area (Å²) in [5.74, 6) is 0.861. The minimum Gasteiger partial charge on any atom is -0.466 e. The van der Waals surface area contributed by atoms with Crippen molar-refractivity contribution in [2.24, 2.45) is 0 Å². The van der Waals surface area contributed by atoms with E-state index in [9.17, 15) is 5.11 Å². The van der Waals surface area contributed by atoms with E-state index in [1.807, 2.05) is 31.2 Å². The van der Waals surface area contributed by atoms with Crippen LogP contribution in [0.2, 0.25) is 0 Å². The van der Waals surface area contributed by atoms with E-state index in [4.69, 9.17) is 4.42 Å². The molecule has 3 nitrogen and oxygen atoms in total. The Morgan fingerprint density at radius 1 is 1.40 bits per heavy atom. The molecule has 1 aliphatic carbocycles. The number of hydrogen-bond acceptors (Lipinski definition) is 3. The Bertz CT molecular complexity index is 610. The first-order valence-electron chi connectivity index (χ1n) is 6.87. The summed E-state index contributed by atoms with van der Waals surface area (Å²) in [5.41, 5.74) is 1.53. The van der Waals surface area contributed by atoms with E-state index in [1.165, 1.54) is 5.56 Å². The zero-order chi connectivity index (χ0) is 14.2. The summed E-state index contributed by atoms with van der Waals surface area (Å²) in [6.07, 6.45) is 3.37. The molecule has 106 valence electrons. The highest BCUT2D eigenvalue weighted by Gasteiger charge is 2.36. The molecule has 2 N–H and O–H groups in total. The van der Waals surface area contributed by atoms with Gasteiger partial charge >= 0.3 is 0 Å². The van der Waals surface area contributed by atoms with Gasteiger partial charge in [0.15, 0.2) is 0 Å². The summed E-state index contributed by atoms with van der Waals surface area (Å²) in [6.45, 7) is 2.56. The van der Waals surface area contributed by atoms with Crippen molar-refractivity contribution in [1.82, 2.24) is 5.32 Å². The lowest BCUT2D eigenvalue weighted by molar-refractivity contribution is 0.0357. The van der Waals surface area contributed by atoms with Crippen LogP contribution in [0.25, 0.3) is 0 Å². The summed E-state index contributed by atoms with van der Waals surface area (Å²) < 4.78 is 6.41. The number of hydrogen-bond donors (Lipinski definition) is 2. The van der Waals surface area contributed by atoms with E-state index in [0.717, 1.165) is 28.6 Å². The summed E-state index contributed by atoms with van der Waals surface area (Å²) in [4.78, 5) is 0. The second kappa shape index (κ2) is 5.35. The van der Waals surface area contributed by atoms with Gasteiger partial charge in [0.25, 0.3) is 0 Å². The molecular weight excluding hydrogens is 318 g/mol. The lowest BCUT2D eigenvalue weighted by atomic mass is 9.95. The fourth-order valence-corrected chi connectivity index (χ4v) is 3.43. The molecule has 2 atom stereocenters. The summed E-state index contributed by atoms with van der Waals surface area (Å²) >= 11 is 3.46. The van der Waals surface area contributed by atoms with E-state index < -0.39 is 5.60 Å². The third kappa shape index (κ3) is 2.43. The van der Waals surface area contributed by atoms with E-state index >= 15 is 0 Å². The molecule has 2 unspecified atom stereocenters. The number of halogens is 1. The minimum atomic E-state index is -0.774. The maximum absolute atomic E-state index is 10.9. The molecule has 0 radical (unpaired) electrons. The van der Waals surface area contributed by atoms with Crippen LogP contribution in [0.15, 0.2) is 45.5 Å². The summed E-state index contributed by atoms with van der Waals surface area (Å²) in [7, 11) is 0. The van der Waals surface area contributed by atoms with Crippen molar-refractivity contribution in [2.75, 3.05) is 6.54 Å². The van der Waals surface area contributed by atoms with Crippen LogP contribution in [0.3, 0.4) is 0 Å². The number of fused-ring (bicyclic) bond motifs is 1. The van der Waals surface area contributed by atoms with Crippen LogP contribution in [-0.4, -0.2) is 11.7 Å². The van der Waals surface area contributed by atoms with Gasteiger partial charge in [-0.25, -0.2) is 0 Å². The highest BCUT2D eigenvalue weighted by molar-refractivity contribution is 9.10. The SMILES string of the molecule is CC(NCC1(O)CCc2ccccc21)c1occc1Br. The molecule has 1 aliphatic rings. The van der Waals surface area contributed by atoms with Crippen molar-refractivity contribution in [3.63, 3.8) is 0 Å². The van der Waals surface area contributed by atoms with Crippen LogP contribution in [0.5, 0.6) is 0 Å². The predicted molar refractivity (Wildman–Crippen MR) is 81.5 cm³/mol. The Morgan fingerprint density at radius 3 is 2.95 bits per heavy atom. The molecule has 1 heterocycles. The van der Waals surface area contributed by atoms with Crippen molar-refractivity contribution in [3.8, 4) is 0 Å². The average molecular weight is 336 g/mol. The van der Waals surface area contributed by atoms with Crippen LogP contribution in [0.4, 0.5) is 0 Å². The zero-order valence-corrected chi connectivity index (χ0v) is 13.0. The van der Waals surface area contributed by atoms with Crippen LogP contribution in [0, 0.1) is 0 Å². The van der Waals surface area contributed by atoms with Crippen LogP contribution in [0.1, 0.15) is 36.3 Å². The van der Waals surface area contributed by atoms with Gasteiger partial charge in [0, 0.05) is 6.54 Å². The Labute approximate surface area is 127 Å². The predicted octanol–water partition coefficient (Wildman–Crippen LogP) is 3.53. The molecule has 2 aromatic rings. The largest absolute Gasteiger partial charge is 0.466 e. The van der Waals surface area contributed by atoms with Crippen LogP contribution in [-0.2, 0) is 12.0 Å². The molecule has 0 bridgehead atoms. The average Bonchev–Trinajstić information content (AvgIpc) is 3.02. The molecule has 0 aliphatic heterocycles. The van der Waals surface area contributed by atoms with Gasteiger partial charge < -0.3 is 14.8 Å². The van der Waals surface area contributed by atoms with Crippen LogP contribution < -0.4 is 5.32 Å². The standard InChI is InChI=1S/C16H18BrNO2/c1-11(15-14(17)7-9-20-15)18-10-16(19)8-6-12-4-2-3-5-13(12)16/h2-5,7,9,11,18-19H,6,8,10H2,1H3.